The van der Waals surface area contributed by atoms with Crippen LogP contribution in [0.1, 0.15) is 42.7 Å². The molecule has 1 N–H and O–H groups in total. The Morgan fingerprint density at radius 3 is 2.48 bits per heavy atom. The summed E-state index contributed by atoms with van der Waals surface area (Å²) in [6.07, 6.45) is 0. The van der Waals surface area contributed by atoms with E-state index >= 15 is 0 Å². The molecule has 0 aliphatic carbocycles. The van der Waals surface area contributed by atoms with E-state index in [1.807, 2.05) is 41.7 Å². The molecule has 2 heterocycles. The minimum atomic E-state index is 0.0933. The lowest BCUT2D eigenvalue weighted by Gasteiger charge is -2.20. The molecule has 1 unspecified atom stereocenters. The summed E-state index contributed by atoms with van der Waals surface area (Å²) in [5.74, 6) is 2.04. The molecule has 0 saturated carbocycles. The van der Waals surface area contributed by atoms with Gasteiger partial charge in [-0.3, -0.25) is 4.68 Å². The van der Waals surface area contributed by atoms with Gasteiger partial charge in [-0.05, 0) is 28.7 Å². The summed E-state index contributed by atoms with van der Waals surface area (Å²) in [5.41, 5.74) is 5.81. The number of hydrogen-bond donors (Lipinski definition) is 1. The maximum Gasteiger partial charge on any atom is 0.129 e. The quantitative estimate of drug-likeness (QED) is 0.463. The third-order valence-corrected chi connectivity index (χ3v) is 7.12. The van der Waals surface area contributed by atoms with E-state index in [9.17, 15) is 0 Å². The average Bonchev–Trinajstić information content (AvgIpc) is 2.84. The van der Waals surface area contributed by atoms with Gasteiger partial charge in [-0.1, -0.05) is 74.3 Å². The molecule has 3 nitrogen and oxygen atoms in total. The highest BCUT2D eigenvalue weighted by atomic mass is 35.5. The lowest BCUT2D eigenvalue weighted by molar-refractivity contribution is 0.590. The van der Waals surface area contributed by atoms with Crippen molar-refractivity contribution >= 4 is 40.8 Å². The molecular weight excluding hydrogens is 421 g/mol. The maximum atomic E-state index is 6.61. The smallest absolute Gasteiger partial charge is 0.129 e. The monoisotopic (exact) mass is 445 g/mol. The molecule has 2 aromatic carbocycles. The van der Waals surface area contributed by atoms with Gasteiger partial charge in [0, 0.05) is 40.5 Å². The summed E-state index contributed by atoms with van der Waals surface area (Å²) in [4.78, 5) is 0. The molecule has 0 saturated heterocycles. The third kappa shape index (κ3) is 4.03. The fourth-order valence-electron chi connectivity index (χ4n) is 3.73. The summed E-state index contributed by atoms with van der Waals surface area (Å²) in [7, 11) is 2.00. The van der Waals surface area contributed by atoms with Crippen molar-refractivity contribution in [2.24, 2.45) is 7.05 Å². The lowest BCUT2D eigenvalue weighted by Crippen LogP contribution is -2.10. The summed E-state index contributed by atoms with van der Waals surface area (Å²) < 4.78 is 1.95. The minimum Gasteiger partial charge on any atom is -0.369 e. The van der Waals surface area contributed by atoms with Gasteiger partial charge in [0.25, 0.3) is 0 Å². The maximum absolute atomic E-state index is 6.61. The molecule has 4 rings (SSSR count). The number of benzene rings is 2. The molecule has 1 atom stereocenters. The second-order valence-corrected chi connectivity index (χ2v) is 10.5. The van der Waals surface area contributed by atoms with Gasteiger partial charge in [0.15, 0.2) is 0 Å². The first-order chi connectivity index (χ1) is 13.8. The number of nitrogens with zero attached hydrogens (tertiary/aromatic N) is 2. The van der Waals surface area contributed by atoms with Crippen molar-refractivity contribution in [1.82, 2.24) is 9.78 Å². The predicted molar refractivity (Wildman–Crippen MR) is 127 cm³/mol. The average molecular weight is 446 g/mol. The molecule has 0 radical (unpaired) electrons. The number of thioether (sulfide) groups is 1. The van der Waals surface area contributed by atoms with Crippen molar-refractivity contribution in [2.45, 2.75) is 31.4 Å². The van der Waals surface area contributed by atoms with Gasteiger partial charge in [0.2, 0.25) is 0 Å². The number of rotatable bonds is 2. The zero-order chi connectivity index (χ0) is 20.8. The first-order valence-corrected chi connectivity index (χ1v) is 11.5. The summed E-state index contributed by atoms with van der Waals surface area (Å²) in [5, 5.41) is 9.89. The van der Waals surface area contributed by atoms with Crippen LogP contribution in [0.25, 0.3) is 11.3 Å². The van der Waals surface area contributed by atoms with Gasteiger partial charge in [-0.15, -0.1) is 11.8 Å². The van der Waals surface area contributed by atoms with E-state index in [0.717, 1.165) is 34.9 Å². The Morgan fingerprint density at radius 2 is 1.83 bits per heavy atom. The normalized spacial score (nSPS) is 16.8. The van der Waals surface area contributed by atoms with E-state index in [1.165, 1.54) is 11.1 Å². The van der Waals surface area contributed by atoms with Crippen molar-refractivity contribution in [3.8, 4) is 11.3 Å². The fourth-order valence-corrected chi connectivity index (χ4v) is 5.54. The molecule has 152 valence electrons. The lowest BCUT2D eigenvalue weighted by atomic mass is 9.86. The predicted octanol–water partition coefficient (Wildman–Crippen LogP) is 6.94. The number of anilines is 1. The molecule has 29 heavy (non-hydrogen) atoms. The zero-order valence-electron chi connectivity index (χ0n) is 17.1. The van der Waals surface area contributed by atoms with Crippen LogP contribution in [0.5, 0.6) is 0 Å². The van der Waals surface area contributed by atoms with E-state index in [4.69, 9.17) is 28.3 Å². The molecule has 0 amide bonds. The number of aryl methyl sites for hydroxylation is 1. The van der Waals surface area contributed by atoms with E-state index in [1.54, 1.807) is 0 Å². The van der Waals surface area contributed by atoms with Crippen LogP contribution in [0.3, 0.4) is 0 Å². The van der Waals surface area contributed by atoms with Crippen LogP contribution in [0.4, 0.5) is 5.82 Å². The number of aromatic nitrogens is 2. The highest BCUT2D eigenvalue weighted by molar-refractivity contribution is 7.99. The number of fused-ring (bicyclic) bond motifs is 1. The Balaban J connectivity index is 1.86. The fraction of sp³-hybridized carbons (Fsp3) is 0.348. The molecule has 3 aromatic rings. The van der Waals surface area contributed by atoms with Crippen molar-refractivity contribution < 1.29 is 0 Å². The Bertz CT molecular complexity index is 1040. The van der Waals surface area contributed by atoms with Crippen LogP contribution in [0.15, 0.2) is 42.5 Å². The summed E-state index contributed by atoms with van der Waals surface area (Å²) in [6.45, 7) is 7.58. The van der Waals surface area contributed by atoms with Gasteiger partial charge in [0.05, 0.1) is 10.9 Å². The Hall–Kier alpha value is -1.62. The summed E-state index contributed by atoms with van der Waals surface area (Å²) >= 11 is 14.7. The van der Waals surface area contributed by atoms with Crippen LogP contribution in [-0.2, 0) is 12.5 Å². The molecule has 0 bridgehead atoms. The molecule has 6 heteroatoms. The number of halogens is 2. The van der Waals surface area contributed by atoms with E-state index < -0.39 is 0 Å². The molecule has 0 fully saturated rings. The van der Waals surface area contributed by atoms with E-state index in [-0.39, 0.29) is 10.7 Å². The second kappa shape index (κ2) is 7.90. The SMILES string of the molecule is Cn1nc(-c2ccc(C(C)(C)C)cc2)c2c1NCCSC2c1ccc(Cl)cc1Cl. The van der Waals surface area contributed by atoms with Gasteiger partial charge >= 0.3 is 0 Å². The van der Waals surface area contributed by atoms with E-state index in [0.29, 0.717) is 10.0 Å². The van der Waals surface area contributed by atoms with Crippen LogP contribution in [0.2, 0.25) is 10.0 Å². The van der Waals surface area contributed by atoms with Crippen LogP contribution in [-0.4, -0.2) is 22.1 Å². The second-order valence-electron chi connectivity index (χ2n) is 8.41. The third-order valence-electron chi connectivity index (χ3n) is 5.29. The minimum absolute atomic E-state index is 0.0933. The summed E-state index contributed by atoms with van der Waals surface area (Å²) in [6, 6.07) is 14.5. The molecule has 1 aliphatic rings. The molecule has 1 aliphatic heterocycles. The standard InChI is InChI=1S/C23H25Cl2N3S/c1-23(2,3)15-7-5-14(6-8-15)20-19-21(17-10-9-16(24)13-18(17)25)29-12-11-26-22(19)28(4)27-20/h5-10,13,21,26H,11-12H2,1-4H3. The van der Waals surface area contributed by atoms with Crippen molar-refractivity contribution in [2.75, 3.05) is 17.6 Å². The molecule has 1 aromatic heterocycles. The van der Waals surface area contributed by atoms with Gasteiger partial charge in [-0.2, -0.15) is 5.10 Å². The highest BCUT2D eigenvalue weighted by Crippen LogP contribution is 2.47. The highest BCUT2D eigenvalue weighted by Gasteiger charge is 2.30. The number of nitrogens with one attached hydrogen (secondary N) is 1. The first-order valence-electron chi connectivity index (χ1n) is 9.74. The first kappa shape index (κ1) is 20.6. The van der Waals surface area contributed by atoms with Gasteiger partial charge < -0.3 is 5.32 Å². The van der Waals surface area contributed by atoms with Crippen molar-refractivity contribution in [3.63, 3.8) is 0 Å². The zero-order valence-corrected chi connectivity index (χ0v) is 19.4. The number of hydrogen-bond acceptors (Lipinski definition) is 3. The Kier molecular flexibility index (Phi) is 5.62. The van der Waals surface area contributed by atoms with Crippen LogP contribution in [0, 0.1) is 0 Å². The van der Waals surface area contributed by atoms with Crippen molar-refractivity contribution in [1.29, 1.82) is 0 Å². The Morgan fingerprint density at radius 1 is 1.10 bits per heavy atom. The van der Waals surface area contributed by atoms with Gasteiger partial charge in [-0.25, -0.2) is 0 Å². The molecule has 0 spiro atoms. The van der Waals surface area contributed by atoms with E-state index in [2.05, 4.69) is 50.4 Å². The van der Waals surface area contributed by atoms with Crippen molar-refractivity contribution in [3.05, 3.63) is 69.2 Å². The van der Waals surface area contributed by atoms with Gasteiger partial charge in [0.1, 0.15) is 5.82 Å². The van der Waals surface area contributed by atoms with Crippen LogP contribution >= 0.6 is 35.0 Å². The van der Waals surface area contributed by atoms with Crippen LogP contribution < -0.4 is 5.32 Å². The molecular formula is C23H25Cl2N3S. The Labute approximate surface area is 186 Å². The topological polar surface area (TPSA) is 29.9 Å². The largest absolute Gasteiger partial charge is 0.369 e.